The number of nitrogens with one attached hydrogen (secondary N) is 3. The Morgan fingerprint density at radius 2 is 1.97 bits per heavy atom. The van der Waals surface area contributed by atoms with E-state index in [9.17, 15) is 9.18 Å². The highest BCUT2D eigenvalue weighted by Gasteiger charge is 2.24. The number of ether oxygens (including phenoxy) is 2. The molecule has 0 aliphatic carbocycles. The van der Waals surface area contributed by atoms with E-state index < -0.39 is 17.5 Å². The predicted octanol–water partition coefficient (Wildman–Crippen LogP) is 2.38. The zero-order valence-electron chi connectivity index (χ0n) is 18.9. The van der Waals surface area contributed by atoms with Crippen LogP contribution in [0.3, 0.4) is 0 Å². The van der Waals surface area contributed by atoms with E-state index in [1.807, 2.05) is 0 Å². The molecule has 12 heteroatoms. The molecule has 35 heavy (non-hydrogen) atoms. The molecule has 0 saturated carbocycles. The Morgan fingerprint density at radius 3 is 2.60 bits per heavy atom. The third kappa shape index (κ3) is 4.95. The van der Waals surface area contributed by atoms with Crippen molar-refractivity contribution in [3.63, 3.8) is 0 Å². The first-order valence-corrected chi connectivity index (χ1v) is 10.6. The summed E-state index contributed by atoms with van der Waals surface area (Å²) < 4.78 is 26.7. The van der Waals surface area contributed by atoms with Crippen LogP contribution in [0, 0.1) is 11.2 Å². The zero-order chi connectivity index (χ0) is 24.9. The third-order valence-electron chi connectivity index (χ3n) is 5.03. The van der Waals surface area contributed by atoms with Crippen LogP contribution in [-0.2, 0) is 0 Å². The van der Waals surface area contributed by atoms with Crippen molar-refractivity contribution in [2.45, 2.75) is 13.0 Å². The molecule has 2 aromatic carbocycles. The second-order valence-corrected chi connectivity index (χ2v) is 7.31. The van der Waals surface area contributed by atoms with Crippen LogP contribution >= 0.6 is 0 Å². The first kappa shape index (κ1) is 23.4. The van der Waals surface area contributed by atoms with Crippen LogP contribution in [-0.4, -0.2) is 44.3 Å². The molecule has 2 aromatic heterocycles. The normalized spacial score (nSPS) is 11.6. The Morgan fingerprint density at radius 1 is 1.26 bits per heavy atom. The lowest BCUT2D eigenvalue weighted by Gasteiger charge is -2.20. The van der Waals surface area contributed by atoms with Crippen molar-refractivity contribution in [2.75, 3.05) is 19.0 Å². The Kier molecular flexibility index (Phi) is 6.71. The zero-order valence-corrected chi connectivity index (χ0v) is 18.9. The first-order valence-electron chi connectivity index (χ1n) is 10.6. The maximum absolute atomic E-state index is 15.0. The molecule has 2 heterocycles. The standard InChI is InChI=1S/C23H23FN8O3/c1-3-35-17-12-14(11-16(24)19(17)34-2)18(29-15-7-5-13(6-8-15)20(25)26)21-30-23(33)32(31-21)22-27-9-4-10-28-22/h4-12,18,29H,3H2,1-2H3,(H3,25,26)(H,30,31,33). The van der Waals surface area contributed by atoms with Crippen molar-refractivity contribution in [3.05, 3.63) is 88.1 Å². The maximum Gasteiger partial charge on any atom is 0.350 e. The Bertz CT molecular complexity index is 1390. The molecular formula is C23H23FN8O3. The third-order valence-corrected chi connectivity index (χ3v) is 5.03. The number of aromatic amines is 1. The van der Waals surface area contributed by atoms with E-state index in [1.165, 1.54) is 25.6 Å². The van der Waals surface area contributed by atoms with Gasteiger partial charge >= 0.3 is 5.69 Å². The van der Waals surface area contributed by atoms with E-state index >= 15 is 0 Å². The molecular weight excluding hydrogens is 455 g/mol. The van der Waals surface area contributed by atoms with Gasteiger partial charge in [0.1, 0.15) is 11.9 Å². The number of anilines is 1. The number of hydrogen-bond donors (Lipinski definition) is 4. The highest BCUT2D eigenvalue weighted by molar-refractivity contribution is 5.95. The summed E-state index contributed by atoms with van der Waals surface area (Å²) in [4.78, 5) is 23.5. The number of aromatic nitrogens is 5. The molecule has 0 spiro atoms. The van der Waals surface area contributed by atoms with Gasteiger partial charge in [0.05, 0.1) is 13.7 Å². The fourth-order valence-corrected chi connectivity index (χ4v) is 3.44. The summed E-state index contributed by atoms with van der Waals surface area (Å²) in [6, 6.07) is 10.5. The molecule has 0 amide bonds. The lowest BCUT2D eigenvalue weighted by atomic mass is 10.0. The molecule has 4 aromatic rings. The van der Waals surface area contributed by atoms with Crippen LogP contribution < -0.4 is 26.2 Å². The average Bonchev–Trinajstić information content (AvgIpc) is 3.24. The van der Waals surface area contributed by atoms with E-state index in [2.05, 4.69) is 25.4 Å². The molecule has 0 aliphatic heterocycles. The molecule has 4 rings (SSSR count). The van der Waals surface area contributed by atoms with Crippen molar-refractivity contribution < 1.29 is 13.9 Å². The molecule has 5 N–H and O–H groups in total. The SMILES string of the molecule is CCOc1cc(C(Nc2ccc(C(=N)N)cc2)c2nn(-c3ncccn3)c(=O)[nH]2)cc(F)c1OC. The second-order valence-electron chi connectivity index (χ2n) is 7.31. The summed E-state index contributed by atoms with van der Waals surface area (Å²) >= 11 is 0. The molecule has 11 nitrogen and oxygen atoms in total. The minimum atomic E-state index is -0.810. The van der Waals surface area contributed by atoms with Gasteiger partial charge in [-0.2, -0.15) is 0 Å². The fourth-order valence-electron chi connectivity index (χ4n) is 3.44. The van der Waals surface area contributed by atoms with Gasteiger partial charge in [0, 0.05) is 23.6 Å². The van der Waals surface area contributed by atoms with Crippen molar-refractivity contribution >= 4 is 11.5 Å². The van der Waals surface area contributed by atoms with Gasteiger partial charge in [-0.1, -0.05) is 0 Å². The monoisotopic (exact) mass is 478 g/mol. The first-order chi connectivity index (χ1) is 16.9. The number of nitrogens with two attached hydrogens (primary N) is 1. The van der Waals surface area contributed by atoms with E-state index in [1.54, 1.807) is 43.3 Å². The number of benzene rings is 2. The van der Waals surface area contributed by atoms with Crippen LogP contribution in [0.15, 0.2) is 59.7 Å². The smallest absolute Gasteiger partial charge is 0.350 e. The van der Waals surface area contributed by atoms with Gasteiger partial charge in [-0.25, -0.2) is 19.2 Å². The van der Waals surface area contributed by atoms with Crippen molar-refractivity contribution in [1.29, 1.82) is 5.41 Å². The van der Waals surface area contributed by atoms with Gasteiger partial charge in [0.25, 0.3) is 5.95 Å². The molecule has 0 fully saturated rings. The summed E-state index contributed by atoms with van der Waals surface area (Å²) in [5, 5.41) is 15.2. The Hall–Kier alpha value is -4.74. The molecule has 0 saturated heterocycles. The number of rotatable bonds is 9. The highest BCUT2D eigenvalue weighted by Crippen LogP contribution is 2.36. The van der Waals surface area contributed by atoms with Gasteiger partial charge in [-0.3, -0.25) is 10.4 Å². The second kappa shape index (κ2) is 10.0. The van der Waals surface area contributed by atoms with E-state index in [0.717, 1.165) is 4.68 Å². The number of nitrogens with zero attached hydrogens (tertiary/aromatic N) is 4. The van der Waals surface area contributed by atoms with E-state index in [0.29, 0.717) is 23.4 Å². The fraction of sp³-hybridized carbons (Fsp3) is 0.174. The minimum Gasteiger partial charge on any atom is -0.490 e. The van der Waals surface area contributed by atoms with Gasteiger partial charge in [-0.05, 0) is 55.0 Å². The van der Waals surface area contributed by atoms with E-state index in [-0.39, 0.29) is 29.1 Å². The average molecular weight is 478 g/mol. The van der Waals surface area contributed by atoms with Crippen molar-refractivity contribution in [1.82, 2.24) is 24.7 Å². The maximum atomic E-state index is 15.0. The molecule has 1 unspecified atom stereocenters. The summed E-state index contributed by atoms with van der Waals surface area (Å²) in [5.74, 6) is -0.266. The predicted molar refractivity (Wildman–Crippen MR) is 127 cm³/mol. The van der Waals surface area contributed by atoms with Gasteiger partial charge in [-0.15, -0.1) is 9.78 Å². The summed E-state index contributed by atoms with van der Waals surface area (Å²) in [7, 11) is 1.35. The lowest BCUT2D eigenvalue weighted by Crippen LogP contribution is -2.18. The number of hydrogen-bond acceptors (Lipinski definition) is 8. The molecule has 0 bridgehead atoms. The highest BCUT2D eigenvalue weighted by atomic mass is 19.1. The number of amidine groups is 1. The molecule has 1 atom stereocenters. The Balaban J connectivity index is 1.82. The minimum absolute atomic E-state index is 0.0307. The number of halogens is 1. The topological polar surface area (TPSA) is 157 Å². The van der Waals surface area contributed by atoms with Crippen LogP contribution in [0.4, 0.5) is 10.1 Å². The molecule has 0 radical (unpaired) electrons. The van der Waals surface area contributed by atoms with Crippen LogP contribution in [0.5, 0.6) is 11.5 Å². The Labute approximate surface area is 199 Å². The summed E-state index contributed by atoms with van der Waals surface area (Å²) in [6.45, 7) is 2.07. The largest absolute Gasteiger partial charge is 0.490 e. The quantitative estimate of drug-likeness (QED) is 0.211. The van der Waals surface area contributed by atoms with Crippen LogP contribution in [0.1, 0.15) is 29.9 Å². The van der Waals surface area contributed by atoms with Gasteiger partial charge in [0.15, 0.2) is 23.1 Å². The summed E-state index contributed by atoms with van der Waals surface area (Å²) in [6.07, 6.45) is 2.98. The van der Waals surface area contributed by atoms with E-state index in [4.69, 9.17) is 20.6 Å². The van der Waals surface area contributed by atoms with Crippen molar-refractivity contribution in [3.8, 4) is 17.4 Å². The van der Waals surface area contributed by atoms with Gasteiger partial charge in [0.2, 0.25) is 0 Å². The lowest BCUT2D eigenvalue weighted by molar-refractivity contribution is 0.301. The molecule has 0 aliphatic rings. The number of methoxy groups -OCH3 is 1. The molecule has 180 valence electrons. The van der Waals surface area contributed by atoms with Gasteiger partial charge < -0.3 is 20.5 Å². The number of nitrogen functional groups attached to an aromatic ring is 1. The van der Waals surface area contributed by atoms with Crippen LogP contribution in [0.2, 0.25) is 0 Å². The van der Waals surface area contributed by atoms with Crippen molar-refractivity contribution in [2.24, 2.45) is 5.73 Å². The summed E-state index contributed by atoms with van der Waals surface area (Å²) in [5.41, 5.74) is 6.54. The number of H-pyrrole nitrogens is 1. The van der Waals surface area contributed by atoms with Crippen LogP contribution in [0.25, 0.3) is 5.95 Å².